The Balaban J connectivity index is 3.08. The van der Waals surface area contributed by atoms with E-state index in [9.17, 15) is 9.59 Å². The van der Waals surface area contributed by atoms with Crippen LogP contribution in [0.15, 0.2) is 16.5 Å². The summed E-state index contributed by atoms with van der Waals surface area (Å²) in [4.78, 5) is 27.7. The molecule has 1 saturated heterocycles. The van der Waals surface area contributed by atoms with E-state index in [0.29, 0.717) is 18.4 Å². The molecule has 0 aromatic heterocycles. The zero-order valence-corrected chi connectivity index (χ0v) is 13.1. The number of hydrogen-bond acceptors (Lipinski definition) is 6. The van der Waals surface area contributed by atoms with Crippen molar-refractivity contribution in [3.8, 4) is 0 Å². The minimum absolute atomic E-state index is 0.0831. The Hall–Kier alpha value is -1.89. The van der Waals surface area contributed by atoms with Crippen molar-refractivity contribution in [1.82, 2.24) is 20.1 Å². The van der Waals surface area contributed by atoms with Gasteiger partial charge in [-0.25, -0.2) is 5.01 Å². The Bertz CT molecular complexity index is 408. The molecule has 0 aromatic rings. The van der Waals surface area contributed by atoms with Crippen molar-refractivity contribution in [2.75, 3.05) is 46.8 Å². The minimum atomic E-state index is -0.284. The van der Waals surface area contributed by atoms with E-state index < -0.39 is 0 Å². The van der Waals surface area contributed by atoms with Gasteiger partial charge in [0.05, 0.1) is 0 Å². The molecule has 1 aliphatic rings. The first-order valence-corrected chi connectivity index (χ1v) is 7.15. The van der Waals surface area contributed by atoms with Crippen LogP contribution < -0.4 is 5.32 Å². The van der Waals surface area contributed by atoms with Crippen molar-refractivity contribution in [1.29, 1.82) is 0 Å². The van der Waals surface area contributed by atoms with Crippen LogP contribution in [0.4, 0.5) is 0 Å². The maximum absolute atomic E-state index is 12.7. The number of likely N-dealkylation sites (N-methyl/N-ethyl adjacent to an activating group) is 1. The summed E-state index contributed by atoms with van der Waals surface area (Å²) in [6.45, 7) is 8.62. The third-order valence-corrected chi connectivity index (χ3v) is 3.62. The number of aldehydes is 1. The van der Waals surface area contributed by atoms with Gasteiger partial charge in [-0.05, 0) is 13.5 Å². The number of piperazine rings is 1. The number of allylic oxidation sites excluding steroid dienone is 1. The van der Waals surface area contributed by atoms with Crippen molar-refractivity contribution in [2.24, 2.45) is 5.10 Å². The average Bonchev–Trinajstić information content (AvgIpc) is 2.50. The van der Waals surface area contributed by atoms with Gasteiger partial charge in [-0.2, -0.15) is 5.10 Å². The highest BCUT2D eigenvalue weighted by atomic mass is 16.2. The summed E-state index contributed by atoms with van der Waals surface area (Å²) in [5.41, 5.74) is 1.44. The molecule has 0 radical (unpaired) electrons. The maximum Gasteiger partial charge on any atom is 0.292 e. The van der Waals surface area contributed by atoms with E-state index >= 15 is 0 Å². The second kappa shape index (κ2) is 8.41. The third-order valence-electron chi connectivity index (χ3n) is 3.62. The molecule has 0 aliphatic carbocycles. The molecule has 1 N–H and O–H groups in total. The lowest BCUT2D eigenvalue weighted by atomic mass is 10.2. The zero-order valence-electron chi connectivity index (χ0n) is 13.1. The molecule has 0 aromatic carbocycles. The number of carbonyl (C=O) groups is 2. The lowest BCUT2D eigenvalue weighted by molar-refractivity contribution is -0.131. The molecular weight excluding hydrogens is 270 g/mol. The number of nitrogens with zero attached hydrogens (tertiary/aromatic N) is 4. The largest absolute Gasteiger partial charge is 0.390 e. The van der Waals surface area contributed by atoms with Gasteiger partial charge in [0, 0.05) is 45.6 Å². The fourth-order valence-electron chi connectivity index (χ4n) is 2.35. The Kier molecular flexibility index (Phi) is 6.87. The summed E-state index contributed by atoms with van der Waals surface area (Å²) in [5.74, 6) is -0.284. The summed E-state index contributed by atoms with van der Waals surface area (Å²) in [6.07, 6.45) is 1.36. The van der Waals surface area contributed by atoms with Crippen LogP contribution >= 0.6 is 0 Å². The molecule has 7 nitrogen and oxygen atoms in total. The molecule has 0 spiro atoms. The van der Waals surface area contributed by atoms with Gasteiger partial charge in [-0.15, -0.1) is 0 Å². The van der Waals surface area contributed by atoms with Crippen LogP contribution in [0.1, 0.15) is 13.3 Å². The molecule has 0 unspecified atom stereocenters. The van der Waals surface area contributed by atoms with Crippen molar-refractivity contribution in [2.45, 2.75) is 13.3 Å². The Morgan fingerprint density at radius 2 is 2.00 bits per heavy atom. The number of hydrazone groups is 1. The first-order chi connectivity index (χ1) is 10.1. The topological polar surface area (TPSA) is 68.2 Å². The Labute approximate surface area is 126 Å². The molecule has 0 saturated carbocycles. The highest BCUT2D eigenvalue weighted by Gasteiger charge is 2.27. The smallest absolute Gasteiger partial charge is 0.292 e. The van der Waals surface area contributed by atoms with E-state index in [1.165, 1.54) is 0 Å². The van der Waals surface area contributed by atoms with Crippen LogP contribution in [0.25, 0.3) is 0 Å². The van der Waals surface area contributed by atoms with E-state index in [4.69, 9.17) is 0 Å². The van der Waals surface area contributed by atoms with Crippen LogP contribution in [-0.4, -0.2) is 80.5 Å². The molecule has 1 amide bonds. The van der Waals surface area contributed by atoms with Gasteiger partial charge in [0.1, 0.15) is 18.5 Å². The second-order valence-electron chi connectivity index (χ2n) is 4.92. The lowest BCUT2D eigenvalue weighted by Crippen LogP contribution is -2.48. The van der Waals surface area contributed by atoms with E-state index in [1.54, 1.807) is 7.05 Å². The summed E-state index contributed by atoms with van der Waals surface area (Å²) >= 11 is 0. The van der Waals surface area contributed by atoms with Gasteiger partial charge in [0.25, 0.3) is 5.91 Å². The summed E-state index contributed by atoms with van der Waals surface area (Å²) < 4.78 is 0. The third kappa shape index (κ3) is 4.29. The molecule has 1 rings (SSSR count). The lowest BCUT2D eigenvalue weighted by Gasteiger charge is -2.36. The number of rotatable bonds is 7. The van der Waals surface area contributed by atoms with E-state index in [0.717, 1.165) is 36.9 Å². The molecule has 0 atom stereocenters. The van der Waals surface area contributed by atoms with Crippen LogP contribution in [0.2, 0.25) is 0 Å². The number of amides is 1. The molecule has 1 heterocycles. The van der Waals surface area contributed by atoms with E-state index in [-0.39, 0.29) is 12.5 Å². The van der Waals surface area contributed by atoms with Gasteiger partial charge in [0.15, 0.2) is 0 Å². The summed E-state index contributed by atoms with van der Waals surface area (Å²) in [5, 5.41) is 7.86. The minimum Gasteiger partial charge on any atom is -0.390 e. The van der Waals surface area contributed by atoms with Gasteiger partial charge in [-0.3, -0.25) is 4.79 Å². The SMILES string of the molecule is C=NN(CC=O)C(=O)/C(=C(/CC)NC)N1CCN(C)CC1. The standard InChI is InChI=1S/C14H25N5O2/c1-5-12(15-2)13(14(21)19(16-3)10-11-20)18-8-6-17(4)7-9-18/h11,15H,3,5-10H2,1-2,4H3/b13-12+. The van der Waals surface area contributed by atoms with Crippen LogP contribution in [0.3, 0.4) is 0 Å². The normalized spacial score (nSPS) is 17.0. The predicted molar refractivity (Wildman–Crippen MR) is 82.8 cm³/mol. The fourth-order valence-corrected chi connectivity index (χ4v) is 2.35. The quantitative estimate of drug-likeness (QED) is 0.303. The molecule has 118 valence electrons. The predicted octanol–water partition coefficient (Wildman–Crippen LogP) is -0.282. The van der Waals surface area contributed by atoms with Crippen LogP contribution in [0.5, 0.6) is 0 Å². The molecule has 1 fully saturated rings. The summed E-state index contributed by atoms with van der Waals surface area (Å²) in [6, 6.07) is 0. The molecule has 7 heteroatoms. The monoisotopic (exact) mass is 295 g/mol. The van der Waals surface area contributed by atoms with Gasteiger partial charge in [-0.1, -0.05) is 6.92 Å². The van der Waals surface area contributed by atoms with Crippen molar-refractivity contribution < 1.29 is 9.59 Å². The average molecular weight is 295 g/mol. The van der Waals surface area contributed by atoms with Crippen molar-refractivity contribution in [3.05, 3.63) is 11.4 Å². The van der Waals surface area contributed by atoms with Crippen LogP contribution in [-0.2, 0) is 9.59 Å². The second-order valence-corrected chi connectivity index (χ2v) is 4.92. The first-order valence-electron chi connectivity index (χ1n) is 7.15. The Morgan fingerprint density at radius 3 is 2.43 bits per heavy atom. The fraction of sp³-hybridized carbons (Fsp3) is 0.643. The highest BCUT2D eigenvalue weighted by molar-refractivity contribution is 5.94. The molecule has 0 bridgehead atoms. The molecule has 1 aliphatic heterocycles. The first kappa shape index (κ1) is 17.2. The molecule has 21 heavy (non-hydrogen) atoms. The van der Waals surface area contributed by atoms with Gasteiger partial charge in [0.2, 0.25) is 0 Å². The highest BCUT2D eigenvalue weighted by Crippen LogP contribution is 2.17. The molecular formula is C14H25N5O2. The zero-order chi connectivity index (χ0) is 15.8. The summed E-state index contributed by atoms with van der Waals surface area (Å²) in [7, 11) is 3.86. The number of nitrogens with one attached hydrogen (secondary N) is 1. The van der Waals surface area contributed by atoms with Crippen molar-refractivity contribution in [3.63, 3.8) is 0 Å². The van der Waals surface area contributed by atoms with Crippen LogP contribution in [0, 0.1) is 0 Å². The van der Waals surface area contributed by atoms with E-state index in [2.05, 4.69) is 34.0 Å². The maximum atomic E-state index is 12.7. The number of carbonyl (C=O) groups excluding carboxylic acids is 2. The van der Waals surface area contributed by atoms with Gasteiger partial charge >= 0.3 is 0 Å². The Morgan fingerprint density at radius 1 is 1.38 bits per heavy atom. The van der Waals surface area contributed by atoms with E-state index in [1.807, 2.05) is 6.92 Å². The van der Waals surface area contributed by atoms with Crippen molar-refractivity contribution >= 4 is 18.9 Å². The van der Waals surface area contributed by atoms with Gasteiger partial charge < -0.3 is 19.9 Å². The number of hydrogen-bond donors (Lipinski definition) is 1.